The number of hydrogen-bond acceptors (Lipinski definition) is 3. The molecule has 1 N–H and O–H groups in total. The molecule has 3 heterocycles. The van der Waals surface area contributed by atoms with E-state index in [4.69, 9.17) is 0 Å². The molecule has 5 nitrogen and oxygen atoms in total. The Morgan fingerprint density at radius 2 is 1.71 bits per heavy atom. The Balaban J connectivity index is 1.40. The minimum Gasteiger partial charge on any atom is -0.386 e. The highest BCUT2D eigenvalue weighted by atomic mass is 19.4. The molecule has 1 saturated heterocycles. The molecule has 3 aliphatic rings. The van der Waals surface area contributed by atoms with E-state index in [-0.39, 0.29) is 5.91 Å². The largest absolute Gasteiger partial charge is 0.431 e. The lowest BCUT2D eigenvalue weighted by Gasteiger charge is -2.52. The Hall–Kier alpha value is -2.32. The van der Waals surface area contributed by atoms with Gasteiger partial charge in [0.2, 0.25) is 0 Å². The monoisotopic (exact) mass is 475 g/mol. The molecule has 34 heavy (non-hydrogen) atoms. The van der Waals surface area contributed by atoms with E-state index in [1.54, 1.807) is 32.0 Å². The summed E-state index contributed by atoms with van der Waals surface area (Å²) in [7, 11) is 0. The lowest BCUT2D eigenvalue weighted by atomic mass is 9.80. The molecule has 0 radical (unpaired) electrons. The quantitative estimate of drug-likeness (QED) is 0.703. The first-order valence-corrected chi connectivity index (χ1v) is 12.1. The van der Waals surface area contributed by atoms with Crippen molar-refractivity contribution in [3.05, 3.63) is 58.4 Å². The number of benzene rings is 1. The number of hydrogen-bond donors (Lipinski definition) is 1. The highest BCUT2D eigenvalue weighted by Crippen LogP contribution is 2.48. The van der Waals surface area contributed by atoms with Gasteiger partial charge < -0.3 is 14.6 Å². The molecular formula is C26H32F3N3O2. The topological polar surface area (TPSA) is 48.7 Å². The summed E-state index contributed by atoms with van der Waals surface area (Å²) in [6.45, 7) is 7.29. The third-order valence-corrected chi connectivity index (χ3v) is 7.86. The van der Waals surface area contributed by atoms with Gasteiger partial charge in [-0.25, -0.2) is 0 Å². The number of carbonyl (C=O) groups is 1. The average molecular weight is 476 g/mol. The first kappa shape index (κ1) is 23.4. The number of aromatic nitrogens is 1. The number of piperidine rings is 1. The number of rotatable bonds is 3. The zero-order valence-corrected chi connectivity index (χ0v) is 20.0. The standard InChI is InChI=1S/C26H32F3N3O2/c1-17-16-18(4-7-20(17)24(2,3)34)23(33)30-12-10-25(11-13-30)21-8-9-22(26(27,28)29)31(21)14-15-32(25)19-5-6-19/h4,7-9,16,19,34H,5-6,10-15H2,1-3H3. The predicted octanol–water partition coefficient (Wildman–Crippen LogP) is 4.65. The average Bonchev–Trinajstić information content (AvgIpc) is 3.49. The van der Waals surface area contributed by atoms with Crippen molar-refractivity contribution in [2.75, 3.05) is 19.6 Å². The summed E-state index contributed by atoms with van der Waals surface area (Å²) < 4.78 is 42.3. The number of likely N-dealkylation sites (tertiary alicyclic amines) is 1. The molecule has 5 rings (SSSR count). The van der Waals surface area contributed by atoms with Crippen molar-refractivity contribution in [2.24, 2.45) is 0 Å². The number of fused-ring (bicyclic) bond motifs is 2. The lowest BCUT2D eigenvalue weighted by molar-refractivity contribution is -0.145. The van der Waals surface area contributed by atoms with Crippen molar-refractivity contribution < 1.29 is 23.1 Å². The Bertz CT molecular complexity index is 1100. The molecule has 2 aliphatic heterocycles. The summed E-state index contributed by atoms with van der Waals surface area (Å²) in [5.74, 6) is -0.0691. The van der Waals surface area contributed by atoms with Gasteiger partial charge in [0.1, 0.15) is 5.69 Å². The summed E-state index contributed by atoms with van der Waals surface area (Å²) >= 11 is 0. The number of alkyl halides is 3. The van der Waals surface area contributed by atoms with Crippen molar-refractivity contribution in [1.82, 2.24) is 14.4 Å². The Morgan fingerprint density at radius 1 is 1.03 bits per heavy atom. The van der Waals surface area contributed by atoms with Gasteiger partial charge in [0.15, 0.2) is 0 Å². The SMILES string of the molecule is Cc1cc(C(=O)N2CCC3(CC2)c2ccc(C(F)(F)F)n2CCN3C2CC2)ccc1C(C)(C)O. The lowest BCUT2D eigenvalue weighted by Crippen LogP contribution is -2.58. The van der Waals surface area contributed by atoms with E-state index < -0.39 is 23.0 Å². The van der Waals surface area contributed by atoms with Gasteiger partial charge >= 0.3 is 6.18 Å². The molecule has 1 saturated carbocycles. The van der Waals surface area contributed by atoms with Crippen molar-refractivity contribution in [1.29, 1.82) is 0 Å². The van der Waals surface area contributed by atoms with Gasteiger partial charge in [-0.05, 0) is 81.8 Å². The molecule has 184 valence electrons. The molecule has 0 bridgehead atoms. The van der Waals surface area contributed by atoms with Crippen LogP contribution in [0.1, 0.15) is 72.4 Å². The zero-order valence-electron chi connectivity index (χ0n) is 20.0. The van der Waals surface area contributed by atoms with Gasteiger partial charge in [0, 0.05) is 43.5 Å². The maximum Gasteiger partial charge on any atom is 0.431 e. The van der Waals surface area contributed by atoms with Gasteiger partial charge in [-0.2, -0.15) is 13.2 Å². The van der Waals surface area contributed by atoms with Crippen LogP contribution in [0, 0.1) is 6.92 Å². The van der Waals surface area contributed by atoms with Crippen LogP contribution in [0.5, 0.6) is 0 Å². The number of aryl methyl sites for hydroxylation is 1. The fourth-order valence-corrected chi connectivity index (χ4v) is 6.14. The molecule has 1 aliphatic carbocycles. The molecule has 1 amide bonds. The fraction of sp³-hybridized carbons (Fsp3) is 0.577. The van der Waals surface area contributed by atoms with Crippen LogP contribution in [0.4, 0.5) is 13.2 Å². The van der Waals surface area contributed by atoms with Crippen LogP contribution < -0.4 is 0 Å². The second-order valence-electron chi connectivity index (χ2n) is 10.6. The van der Waals surface area contributed by atoms with Crippen LogP contribution >= 0.6 is 0 Å². The van der Waals surface area contributed by atoms with Crippen LogP contribution in [0.15, 0.2) is 30.3 Å². The van der Waals surface area contributed by atoms with Gasteiger partial charge in [0.05, 0.1) is 11.1 Å². The van der Waals surface area contributed by atoms with Crippen LogP contribution in [-0.2, 0) is 23.9 Å². The summed E-state index contributed by atoms with van der Waals surface area (Å²) in [4.78, 5) is 17.5. The van der Waals surface area contributed by atoms with Gasteiger partial charge in [0.25, 0.3) is 5.91 Å². The summed E-state index contributed by atoms with van der Waals surface area (Å²) in [5, 5.41) is 10.3. The van der Waals surface area contributed by atoms with Crippen molar-refractivity contribution >= 4 is 5.91 Å². The van der Waals surface area contributed by atoms with E-state index in [0.29, 0.717) is 50.6 Å². The van der Waals surface area contributed by atoms with Crippen LogP contribution in [0.2, 0.25) is 0 Å². The van der Waals surface area contributed by atoms with E-state index in [0.717, 1.165) is 29.7 Å². The third kappa shape index (κ3) is 3.85. The van der Waals surface area contributed by atoms with Crippen molar-refractivity contribution in [3.8, 4) is 0 Å². The summed E-state index contributed by atoms with van der Waals surface area (Å²) in [5.41, 5.74) is 0.947. The van der Waals surface area contributed by atoms with E-state index in [1.807, 2.05) is 17.9 Å². The second kappa shape index (κ2) is 7.85. The summed E-state index contributed by atoms with van der Waals surface area (Å²) in [6, 6.07) is 8.68. The molecule has 1 spiro atoms. The second-order valence-corrected chi connectivity index (χ2v) is 10.6. The molecule has 2 aromatic rings. The number of carbonyl (C=O) groups excluding carboxylic acids is 1. The first-order valence-electron chi connectivity index (χ1n) is 12.1. The Kier molecular flexibility index (Phi) is 5.41. The predicted molar refractivity (Wildman–Crippen MR) is 122 cm³/mol. The minimum absolute atomic E-state index is 0.0691. The first-order chi connectivity index (χ1) is 15.9. The van der Waals surface area contributed by atoms with E-state index >= 15 is 0 Å². The third-order valence-electron chi connectivity index (χ3n) is 7.86. The minimum atomic E-state index is -4.37. The summed E-state index contributed by atoms with van der Waals surface area (Å²) in [6.07, 6.45) is -0.951. The highest BCUT2D eigenvalue weighted by molar-refractivity contribution is 5.94. The van der Waals surface area contributed by atoms with Gasteiger partial charge in [-0.3, -0.25) is 9.69 Å². The van der Waals surface area contributed by atoms with Gasteiger partial charge in [-0.1, -0.05) is 6.07 Å². The zero-order chi connectivity index (χ0) is 24.5. The van der Waals surface area contributed by atoms with E-state index in [1.165, 1.54) is 10.6 Å². The number of nitrogens with zero attached hydrogens (tertiary/aromatic N) is 3. The van der Waals surface area contributed by atoms with Crippen LogP contribution in [0.3, 0.4) is 0 Å². The van der Waals surface area contributed by atoms with Crippen LogP contribution in [0.25, 0.3) is 0 Å². The molecule has 0 unspecified atom stereocenters. The number of amides is 1. The van der Waals surface area contributed by atoms with E-state index in [2.05, 4.69) is 4.90 Å². The molecule has 2 fully saturated rings. The van der Waals surface area contributed by atoms with Gasteiger partial charge in [-0.15, -0.1) is 0 Å². The van der Waals surface area contributed by atoms with Crippen LogP contribution in [-0.4, -0.2) is 51.1 Å². The molecular weight excluding hydrogens is 443 g/mol. The normalized spacial score (nSPS) is 21.1. The number of aliphatic hydroxyl groups is 1. The maximum atomic E-state index is 13.6. The van der Waals surface area contributed by atoms with E-state index in [9.17, 15) is 23.1 Å². The molecule has 8 heteroatoms. The fourth-order valence-electron chi connectivity index (χ4n) is 6.14. The number of halogens is 3. The maximum absolute atomic E-state index is 13.6. The Morgan fingerprint density at radius 3 is 2.26 bits per heavy atom. The Labute approximate surface area is 198 Å². The highest BCUT2D eigenvalue weighted by Gasteiger charge is 2.52. The molecule has 0 atom stereocenters. The smallest absolute Gasteiger partial charge is 0.386 e. The molecule has 1 aromatic carbocycles. The molecule has 1 aromatic heterocycles. The van der Waals surface area contributed by atoms with Crippen molar-refractivity contribution in [2.45, 2.75) is 76.4 Å². The van der Waals surface area contributed by atoms with Crippen molar-refractivity contribution in [3.63, 3.8) is 0 Å².